The fourth-order valence-electron chi connectivity index (χ4n) is 4.89. The summed E-state index contributed by atoms with van der Waals surface area (Å²) in [6.45, 7) is 3.74. The molecule has 0 saturated carbocycles. The Labute approximate surface area is 177 Å². The Morgan fingerprint density at radius 3 is 2.37 bits per heavy atom. The van der Waals surface area contributed by atoms with Crippen LogP contribution < -0.4 is 10.0 Å². The number of aliphatic hydroxyl groups is 1. The lowest BCUT2D eigenvalue weighted by molar-refractivity contribution is 0.0783. The van der Waals surface area contributed by atoms with Crippen molar-refractivity contribution in [3.05, 3.63) is 57.6 Å². The number of nitrogens with one attached hydrogen (secondary N) is 2. The third kappa shape index (κ3) is 3.25. The molecule has 0 radical (unpaired) electrons. The number of urea groups is 1. The quantitative estimate of drug-likeness (QED) is 0.680. The highest BCUT2D eigenvalue weighted by atomic mass is 32.2. The molecule has 2 aliphatic carbocycles. The number of rotatable bonds is 2. The molecule has 158 valence electrons. The van der Waals surface area contributed by atoms with E-state index in [4.69, 9.17) is 0 Å². The van der Waals surface area contributed by atoms with Crippen LogP contribution in [0, 0.1) is 0 Å². The summed E-state index contributed by atoms with van der Waals surface area (Å²) in [4.78, 5) is 13.4. The van der Waals surface area contributed by atoms with Crippen molar-refractivity contribution in [2.75, 3.05) is 5.32 Å². The van der Waals surface area contributed by atoms with Gasteiger partial charge in [0.15, 0.2) is 0 Å². The van der Waals surface area contributed by atoms with E-state index in [1.54, 1.807) is 19.9 Å². The molecule has 5 rings (SSSR count). The minimum absolute atomic E-state index is 0.382. The van der Waals surface area contributed by atoms with Crippen molar-refractivity contribution in [3.8, 4) is 0 Å². The van der Waals surface area contributed by atoms with Gasteiger partial charge in [-0.25, -0.2) is 13.7 Å². The third-order valence-corrected chi connectivity index (χ3v) is 8.38. The van der Waals surface area contributed by atoms with Crippen LogP contribution in [0.1, 0.15) is 60.1 Å². The van der Waals surface area contributed by atoms with Crippen LogP contribution in [0.5, 0.6) is 0 Å². The van der Waals surface area contributed by atoms with Crippen LogP contribution in [0.15, 0.2) is 33.5 Å². The summed E-state index contributed by atoms with van der Waals surface area (Å²) in [5.41, 5.74) is 6.42. The molecule has 0 saturated heterocycles. The summed E-state index contributed by atoms with van der Waals surface area (Å²) in [5.74, 6) is 0. The summed E-state index contributed by atoms with van der Waals surface area (Å²) in [6.07, 6.45) is 6.22. The molecule has 1 atom stereocenters. The zero-order valence-electron chi connectivity index (χ0n) is 17.4. The zero-order valence-corrected chi connectivity index (χ0v) is 18.2. The number of nitrogens with zero attached hydrogens (tertiary/aromatic N) is 1. The van der Waals surface area contributed by atoms with Crippen molar-refractivity contribution in [3.63, 3.8) is 0 Å². The number of aryl methyl sites for hydroxylation is 2. The molecular weight excluding hydrogens is 398 g/mol. The second kappa shape index (κ2) is 6.90. The summed E-state index contributed by atoms with van der Waals surface area (Å²) >= 11 is 0. The van der Waals surface area contributed by atoms with E-state index in [0.717, 1.165) is 49.8 Å². The van der Waals surface area contributed by atoms with Crippen LogP contribution in [-0.4, -0.2) is 15.3 Å². The predicted molar refractivity (Wildman–Crippen MR) is 117 cm³/mol. The second-order valence-electron chi connectivity index (χ2n) is 8.98. The van der Waals surface area contributed by atoms with Gasteiger partial charge >= 0.3 is 6.03 Å². The summed E-state index contributed by atoms with van der Waals surface area (Å²) < 4.78 is 20.6. The number of amides is 2. The molecular formula is C23H27N3O3S. The summed E-state index contributed by atoms with van der Waals surface area (Å²) in [5, 5.41) is 13.3. The lowest BCUT2D eigenvalue weighted by atomic mass is 9.97. The Balaban J connectivity index is 1.52. The van der Waals surface area contributed by atoms with Crippen LogP contribution in [0.3, 0.4) is 0 Å². The van der Waals surface area contributed by atoms with Gasteiger partial charge in [-0.2, -0.15) is 0 Å². The van der Waals surface area contributed by atoms with Crippen LogP contribution >= 0.6 is 0 Å². The van der Waals surface area contributed by atoms with E-state index >= 15 is 0 Å². The molecule has 1 aliphatic heterocycles. The first-order valence-electron chi connectivity index (χ1n) is 10.6. The maximum atomic E-state index is 13.5. The van der Waals surface area contributed by atoms with E-state index in [-0.39, 0.29) is 0 Å². The molecule has 2 amide bonds. The van der Waals surface area contributed by atoms with Gasteiger partial charge in [-0.15, -0.1) is 4.36 Å². The number of hydrogen-bond donors (Lipinski definition) is 3. The number of anilines is 1. The third-order valence-electron chi connectivity index (χ3n) is 6.45. The predicted octanol–water partition coefficient (Wildman–Crippen LogP) is 3.97. The molecule has 30 heavy (non-hydrogen) atoms. The molecule has 6 nitrogen and oxygen atoms in total. The van der Waals surface area contributed by atoms with Crippen LogP contribution in [0.25, 0.3) is 0 Å². The van der Waals surface area contributed by atoms with Gasteiger partial charge in [0.25, 0.3) is 0 Å². The normalized spacial score (nSPS) is 21.8. The van der Waals surface area contributed by atoms with E-state index in [0.29, 0.717) is 17.0 Å². The van der Waals surface area contributed by atoms with Crippen molar-refractivity contribution < 1.29 is 14.1 Å². The average Bonchev–Trinajstić information content (AvgIpc) is 3.40. The molecule has 3 aliphatic rings. The van der Waals surface area contributed by atoms with Gasteiger partial charge < -0.3 is 10.4 Å². The van der Waals surface area contributed by atoms with E-state index in [2.05, 4.69) is 20.5 Å². The minimum atomic E-state index is -3.09. The Kier molecular flexibility index (Phi) is 4.54. The van der Waals surface area contributed by atoms with E-state index < -0.39 is 21.5 Å². The number of carbonyl (C=O) groups excluding carboxylic acids is 1. The van der Waals surface area contributed by atoms with Crippen LogP contribution in [0.4, 0.5) is 10.5 Å². The Hall–Kier alpha value is -2.22. The summed E-state index contributed by atoms with van der Waals surface area (Å²) in [7, 11) is -3.09. The topological polar surface area (TPSA) is 90.8 Å². The smallest absolute Gasteiger partial charge is 0.354 e. The largest absolute Gasteiger partial charge is 0.386 e. The van der Waals surface area contributed by atoms with E-state index in [1.807, 2.05) is 12.1 Å². The fourth-order valence-corrected chi connectivity index (χ4v) is 6.62. The number of benzene rings is 2. The van der Waals surface area contributed by atoms with E-state index in [9.17, 15) is 14.1 Å². The molecule has 0 fully saturated rings. The number of hydrogen-bond acceptors (Lipinski definition) is 3. The van der Waals surface area contributed by atoms with Crippen molar-refractivity contribution in [2.24, 2.45) is 4.36 Å². The monoisotopic (exact) mass is 425 g/mol. The molecule has 1 heterocycles. The molecule has 7 heteroatoms. The SMILES string of the molecule is CC(C)(O)c1ccc2c(c1)S(=O)(=NC(=O)Nc1c3c(cc4c1CCC4)CCC3)NC2. The molecule has 3 N–H and O–H groups in total. The summed E-state index contributed by atoms with van der Waals surface area (Å²) in [6, 6.07) is 7.09. The maximum absolute atomic E-state index is 13.5. The van der Waals surface area contributed by atoms with E-state index in [1.165, 1.54) is 22.3 Å². The zero-order chi connectivity index (χ0) is 21.1. The van der Waals surface area contributed by atoms with Gasteiger partial charge in [-0.05, 0) is 91.8 Å². The highest BCUT2D eigenvalue weighted by molar-refractivity contribution is 7.92. The lowest BCUT2D eigenvalue weighted by Gasteiger charge is -2.18. The minimum Gasteiger partial charge on any atom is -0.386 e. The first kappa shape index (κ1) is 19.7. The van der Waals surface area contributed by atoms with Gasteiger partial charge in [-0.3, -0.25) is 0 Å². The lowest BCUT2D eigenvalue weighted by Crippen LogP contribution is -2.20. The molecule has 2 aromatic carbocycles. The first-order chi connectivity index (χ1) is 14.2. The van der Waals surface area contributed by atoms with Gasteiger partial charge in [-0.1, -0.05) is 18.2 Å². The highest BCUT2D eigenvalue weighted by Crippen LogP contribution is 2.39. The Morgan fingerprint density at radius 1 is 1.07 bits per heavy atom. The van der Waals surface area contributed by atoms with Crippen molar-refractivity contribution in [2.45, 2.75) is 69.4 Å². The molecule has 0 spiro atoms. The first-order valence-corrected chi connectivity index (χ1v) is 12.1. The fraction of sp³-hybridized carbons (Fsp3) is 0.435. The van der Waals surface area contributed by atoms with Crippen LogP contribution in [0.2, 0.25) is 0 Å². The van der Waals surface area contributed by atoms with Crippen molar-refractivity contribution in [1.82, 2.24) is 4.72 Å². The molecule has 0 bridgehead atoms. The van der Waals surface area contributed by atoms with Crippen molar-refractivity contribution >= 4 is 21.6 Å². The Morgan fingerprint density at radius 2 is 1.73 bits per heavy atom. The molecule has 0 aromatic heterocycles. The van der Waals surface area contributed by atoms with Gasteiger partial charge in [0, 0.05) is 12.2 Å². The van der Waals surface area contributed by atoms with Gasteiger partial charge in [0.2, 0.25) is 0 Å². The standard InChI is InChI=1S/C23H27N3O3S/c1-23(2,28)17-10-9-16-13-24-30(29,20(16)12-17)26-22(27)25-21-18-7-3-5-14(18)11-15-6-4-8-19(15)21/h9-12,28H,3-8,13H2,1-2H3,(H2,24,25,26,27,29). The maximum Gasteiger partial charge on any atom is 0.354 e. The Bertz CT molecular complexity index is 1150. The number of carbonyl (C=O) groups is 1. The highest BCUT2D eigenvalue weighted by Gasteiger charge is 2.29. The number of fused-ring (bicyclic) bond motifs is 3. The molecule has 1 unspecified atom stereocenters. The van der Waals surface area contributed by atoms with Crippen LogP contribution in [-0.2, 0) is 47.7 Å². The van der Waals surface area contributed by atoms with Crippen molar-refractivity contribution in [1.29, 1.82) is 0 Å². The molecule has 2 aromatic rings. The van der Waals surface area contributed by atoms with Gasteiger partial charge in [0.1, 0.15) is 9.92 Å². The van der Waals surface area contributed by atoms with Gasteiger partial charge in [0.05, 0.1) is 10.5 Å². The second-order valence-corrected chi connectivity index (χ2v) is 10.9. The average molecular weight is 426 g/mol.